The molecule has 0 aliphatic heterocycles. The predicted molar refractivity (Wildman–Crippen MR) is 117 cm³/mol. The van der Waals surface area contributed by atoms with E-state index in [-0.39, 0.29) is 18.0 Å². The average molecular weight is 417 g/mol. The van der Waals surface area contributed by atoms with Crippen LogP contribution in [-0.2, 0) is 23.2 Å². The number of benzene rings is 1. The van der Waals surface area contributed by atoms with Gasteiger partial charge in [-0.25, -0.2) is 4.98 Å². The number of hydrogen-bond donors (Lipinski definition) is 0. The lowest BCUT2D eigenvalue weighted by Crippen LogP contribution is -2.02. The zero-order chi connectivity index (χ0) is 22.1. The molecule has 0 bridgehead atoms. The summed E-state index contributed by atoms with van der Waals surface area (Å²) in [6.45, 7) is 0.339. The average Bonchev–Trinajstić information content (AvgIpc) is 3.20. The second-order valence-corrected chi connectivity index (χ2v) is 6.72. The van der Waals surface area contributed by atoms with Gasteiger partial charge in [0.15, 0.2) is 11.6 Å². The minimum Gasteiger partial charge on any atom is -0.496 e. The Bertz CT molecular complexity index is 1100. The first kappa shape index (κ1) is 21.7. The van der Waals surface area contributed by atoms with E-state index < -0.39 is 0 Å². The van der Waals surface area contributed by atoms with Crippen LogP contribution in [0.15, 0.2) is 67.3 Å². The van der Waals surface area contributed by atoms with Crippen molar-refractivity contribution in [1.29, 1.82) is 0 Å². The van der Waals surface area contributed by atoms with E-state index in [4.69, 9.17) is 9.47 Å². The SMILES string of the molecule is COc1cc(OCc2ccccn2)ccc1/C=C/C(=O)CC(=O)/C=C/c1cncn1C. The molecule has 0 radical (unpaired) electrons. The van der Waals surface area contributed by atoms with Gasteiger partial charge in [-0.15, -0.1) is 0 Å². The van der Waals surface area contributed by atoms with Gasteiger partial charge in [0.2, 0.25) is 0 Å². The van der Waals surface area contributed by atoms with E-state index in [0.29, 0.717) is 23.7 Å². The quantitative estimate of drug-likeness (QED) is 0.370. The van der Waals surface area contributed by atoms with Crippen LogP contribution >= 0.6 is 0 Å². The van der Waals surface area contributed by atoms with Gasteiger partial charge in [0, 0.05) is 24.9 Å². The van der Waals surface area contributed by atoms with E-state index in [9.17, 15) is 9.59 Å². The number of imidazole rings is 1. The van der Waals surface area contributed by atoms with E-state index in [1.54, 1.807) is 60.7 Å². The van der Waals surface area contributed by atoms with Crippen molar-refractivity contribution >= 4 is 23.7 Å². The fraction of sp³-hybridized carbons (Fsp3) is 0.167. The third-order valence-corrected chi connectivity index (χ3v) is 4.41. The second-order valence-electron chi connectivity index (χ2n) is 6.72. The molecule has 0 spiro atoms. The van der Waals surface area contributed by atoms with Crippen LogP contribution in [0.2, 0.25) is 0 Å². The van der Waals surface area contributed by atoms with Crippen molar-refractivity contribution in [2.45, 2.75) is 13.0 Å². The van der Waals surface area contributed by atoms with Gasteiger partial charge in [-0.05, 0) is 48.6 Å². The number of carbonyl (C=O) groups is 2. The van der Waals surface area contributed by atoms with Crippen molar-refractivity contribution in [3.05, 3.63) is 84.2 Å². The van der Waals surface area contributed by atoms with Crippen molar-refractivity contribution in [3.8, 4) is 11.5 Å². The molecule has 0 amide bonds. The van der Waals surface area contributed by atoms with E-state index in [1.165, 1.54) is 12.2 Å². The zero-order valence-corrected chi connectivity index (χ0v) is 17.4. The summed E-state index contributed by atoms with van der Waals surface area (Å²) in [7, 11) is 3.37. The number of pyridine rings is 1. The number of ketones is 2. The van der Waals surface area contributed by atoms with Gasteiger partial charge >= 0.3 is 0 Å². The molecule has 1 aromatic carbocycles. The molecule has 0 N–H and O–H groups in total. The van der Waals surface area contributed by atoms with Gasteiger partial charge < -0.3 is 14.0 Å². The van der Waals surface area contributed by atoms with Crippen LogP contribution in [0.3, 0.4) is 0 Å². The summed E-state index contributed by atoms with van der Waals surface area (Å²) >= 11 is 0. The van der Waals surface area contributed by atoms with E-state index in [0.717, 1.165) is 11.4 Å². The van der Waals surface area contributed by atoms with Crippen LogP contribution in [0.1, 0.15) is 23.4 Å². The molecule has 31 heavy (non-hydrogen) atoms. The Balaban J connectivity index is 1.57. The summed E-state index contributed by atoms with van der Waals surface area (Å²) < 4.78 is 12.9. The first-order valence-corrected chi connectivity index (χ1v) is 9.64. The Kier molecular flexibility index (Phi) is 7.48. The van der Waals surface area contributed by atoms with E-state index in [2.05, 4.69) is 9.97 Å². The molecular weight excluding hydrogens is 394 g/mol. The molecule has 0 saturated heterocycles. The minimum atomic E-state index is -0.294. The van der Waals surface area contributed by atoms with Gasteiger partial charge in [0.1, 0.15) is 18.1 Å². The zero-order valence-electron chi connectivity index (χ0n) is 17.4. The number of carbonyl (C=O) groups excluding carboxylic acids is 2. The molecule has 0 atom stereocenters. The largest absolute Gasteiger partial charge is 0.496 e. The second kappa shape index (κ2) is 10.7. The van der Waals surface area contributed by atoms with E-state index >= 15 is 0 Å². The van der Waals surface area contributed by atoms with Crippen LogP contribution in [0.5, 0.6) is 11.5 Å². The number of allylic oxidation sites excluding steroid dienone is 2. The van der Waals surface area contributed by atoms with Gasteiger partial charge in [0.05, 0.1) is 37.4 Å². The Hall–Kier alpha value is -4.00. The highest BCUT2D eigenvalue weighted by Crippen LogP contribution is 2.26. The first-order valence-electron chi connectivity index (χ1n) is 9.64. The minimum absolute atomic E-state index is 0.210. The summed E-state index contributed by atoms with van der Waals surface area (Å²) in [5.41, 5.74) is 2.31. The Morgan fingerprint density at radius 1 is 1.10 bits per heavy atom. The van der Waals surface area contributed by atoms with Crippen molar-refractivity contribution < 1.29 is 19.1 Å². The number of nitrogens with zero attached hydrogens (tertiary/aromatic N) is 3. The van der Waals surface area contributed by atoms with Crippen molar-refractivity contribution in [2.24, 2.45) is 7.05 Å². The molecule has 0 unspecified atom stereocenters. The molecule has 0 aliphatic rings. The lowest BCUT2D eigenvalue weighted by molar-refractivity contribution is -0.121. The third-order valence-electron chi connectivity index (χ3n) is 4.41. The molecule has 2 heterocycles. The van der Waals surface area contributed by atoms with Gasteiger partial charge in [-0.1, -0.05) is 6.07 Å². The number of rotatable bonds is 10. The maximum Gasteiger partial charge on any atom is 0.163 e. The molecule has 0 saturated carbocycles. The topological polar surface area (TPSA) is 83.3 Å². The van der Waals surface area contributed by atoms with Crippen LogP contribution in [0.4, 0.5) is 0 Å². The lowest BCUT2D eigenvalue weighted by Gasteiger charge is -2.09. The van der Waals surface area contributed by atoms with E-state index in [1.807, 2.05) is 25.2 Å². The Labute approximate surface area is 180 Å². The number of ether oxygens (including phenoxy) is 2. The third kappa shape index (κ3) is 6.50. The Morgan fingerprint density at radius 2 is 1.90 bits per heavy atom. The molecule has 7 heteroatoms. The van der Waals surface area contributed by atoms with Crippen LogP contribution < -0.4 is 9.47 Å². The van der Waals surface area contributed by atoms with Crippen LogP contribution in [-0.4, -0.2) is 33.2 Å². The van der Waals surface area contributed by atoms with Gasteiger partial charge in [-0.3, -0.25) is 14.6 Å². The molecule has 0 fully saturated rings. The summed E-state index contributed by atoms with van der Waals surface area (Å²) in [5, 5.41) is 0. The number of aryl methyl sites for hydroxylation is 1. The summed E-state index contributed by atoms with van der Waals surface area (Å²) in [5.74, 6) is 0.615. The molecule has 0 aliphatic carbocycles. The summed E-state index contributed by atoms with van der Waals surface area (Å²) in [6.07, 6.45) is 10.8. The maximum atomic E-state index is 12.1. The van der Waals surface area contributed by atoms with Crippen LogP contribution in [0.25, 0.3) is 12.2 Å². The summed E-state index contributed by atoms with van der Waals surface area (Å²) in [6, 6.07) is 11.0. The fourth-order valence-electron chi connectivity index (χ4n) is 2.74. The number of hydrogen-bond acceptors (Lipinski definition) is 6. The highest BCUT2D eigenvalue weighted by molar-refractivity contribution is 6.10. The molecule has 7 nitrogen and oxygen atoms in total. The molecule has 2 aromatic heterocycles. The standard InChI is InChI=1S/C24H23N3O4/c1-27-17-25-15-20(27)8-10-22(29)13-21(28)9-6-18-7-11-23(14-24(18)30-2)31-16-19-5-3-4-12-26-19/h3-12,14-15,17H,13,16H2,1-2H3/b9-6+,10-8+. The van der Waals surface area contributed by atoms with Gasteiger partial charge in [0.25, 0.3) is 0 Å². The molecule has 3 aromatic rings. The van der Waals surface area contributed by atoms with Crippen molar-refractivity contribution in [1.82, 2.24) is 14.5 Å². The smallest absolute Gasteiger partial charge is 0.163 e. The Morgan fingerprint density at radius 3 is 2.58 bits per heavy atom. The predicted octanol–water partition coefficient (Wildman–Crippen LogP) is 3.66. The summed E-state index contributed by atoms with van der Waals surface area (Å²) in [4.78, 5) is 32.3. The highest BCUT2D eigenvalue weighted by Gasteiger charge is 2.07. The van der Waals surface area contributed by atoms with Crippen molar-refractivity contribution in [2.75, 3.05) is 7.11 Å². The van der Waals surface area contributed by atoms with Gasteiger partial charge in [-0.2, -0.15) is 0 Å². The molecule has 158 valence electrons. The first-order chi connectivity index (χ1) is 15.0. The molecule has 3 rings (SSSR count). The normalized spacial score (nSPS) is 11.2. The van der Waals surface area contributed by atoms with Crippen molar-refractivity contribution in [3.63, 3.8) is 0 Å². The highest BCUT2D eigenvalue weighted by atomic mass is 16.5. The number of aromatic nitrogens is 3. The lowest BCUT2D eigenvalue weighted by atomic mass is 10.1. The fourth-order valence-corrected chi connectivity index (χ4v) is 2.74. The maximum absolute atomic E-state index is 12.1. The number of methoxy groups -OCH3 is 1. The molecular formula is C24H23N3O4. The monoisotopic (exact) mass is 417 g/mol. The van der Waals surface area contributed by atoms with Crippen LogP contribution in [0, 0.1) is 0 Å².